The number of aryl methyl sites for hydroxylation is 1. The maximum Gasteiger partial charge on any atom is 0.265 e. The van der Waals surface area contributed by atoms with Gasteiger partial charge in [-0.25, -0.2) is 19.2 Å². The molecule has 0 spiro atoms. The van der Waals surface area contributed by atoms with Crippen LogP contribution >= 0.6 is 0 Å². The molecule has 0 radical (unpaired) electrons. The van der Waals surface area contributed by atoms with Crippen LogP contribution in [-0.2, 0) is 10.0 Å². The molecule has 100 valence electrons. The number of hydrogen-bond acceptors (Lipinski definition) is 6. The Balaban J connectivity index is 2.38. The molecular weight excluding hydrogens is 266 g/mol. The number of aromatic nitrogens is 2. The summed E-state index contributed by atoms with van der Waals surface area (Å²) in [5, 5.41) is 0. The maximum atomic E-state index is 12.2. The van der Waals surface area contributed by atoms with Gasteiger partial charge in [-0.2, -0.15) is 0 Å². The van der Waals surface area contributed by atoms with Gasteiger partial charge in [0.25, 0.3) is 10.0 Å². The van der Waals surface area contributed by atoms with Gasteiger partial charge in [0, 0.05) is 18.1 Å². The van der Waals surface area contributed by atoms with Crippen LogP contribution in [-0.4, -0.2) is 18.4 Å². The highest BCUT2D eigenvalue weighted by Crippen LogP contribution is 2.20. The molecule has 0 bridgehead atoms. The Labute approximate surface area is 110 Å². The summed E-state index contributed by atoms with van der Waals surface area (Å²) in [7, 11) is -3.76. The summed E-state index contributed by atoms with van der Waals surface area (Å²) in [6.45, 7) is 1.77. The first-order chi connectivity index (χ1) is 9.03. The van der Waals surface area contributed by atoms with Gasteiger partial charge in [-0.05, 0) is 31.2 Å². The van der Waals surface area contributed by atoms with Crippen molar-refractivity contribution in [2.24, 2.45) is 5.84 Å². The van der Waals surface area contributed by atoms with Gasteiger partial charge in [-0.3, -0.25) is 9.71 Å². The minimum Gasteiger partial charge on any atom is -0.307 e. The Morgan fingerprint density at radius 3 is 2.68 bits per heavy atom. The van der Waals surface area contributed by atoms with E-state index in [1.165, 1.54) is 24.5 Å². The number of hydrazine groups is 1. The molecule has 0 atom stereocenters. The van der Waals surface area contributed by atoms with Crippen molar-refractivity contribution in [3.63, 3.8) is 0 Å². The number of pyridine rings is 2. The van der Waals surface area contributed by atoms with Crippen molar-refractivity contribution in [3.8, 4) is 0 Å². The van der Waals surface area contributed by atoms with Crippen molar-refractivity contribution in [3.05, 3.63) is 42.4 Å². The molecule has 0 fully saturated rings. The quantitative estimate of drug-likeness (QED) is 0.566. The highest BCUT2D eigenvalue weighted by Gasteiger charge is 2.19. The van der Waals surface area contributed by atoms with Crippen LogP contribution in [0, 0.1) is 6.92 Å². The molecule has 0 unspecified atom stereocenters. The monoisotopic (exact) mass is 279 g/mol. The fourth-order valence-corrected chi connectivity index (χ4v) is 2.71. The number of nitrogens with one attached hydrogen (secondary N) is 2. The van der Waals surface area contributed by atoms with Crippen molar-refractivity contribution >= 4 is 21.5 Å². The predicted molar refractivity (Wildman–Crippen MR) is 71.8 cm³/mol. The lowest BCUT2D eigenvalue weighted by Crippen LogP contribution is -2.18. The lowest BCUT2D eigenvalue weighted by molar-refractivity contribution is 0.601. The van der Waals surface area contributed by atoms with Crippen molar-refractivity contribution in [1.82, 2.24) is 9.97 Å². The van der Waals surface area contributed by atoms with Crippen LogP contribution < -0.4 is 16.0 Å². The highest BCUT2D eigenvalue weighted by molar-refractivity contribution is 7.92. The van der Waals surface area contributed by atoms with E-state index >= 15 is 0 Å². The molecule has 2 aromatic rings. The lowest BCUT2D eigenvalue weighted by atomic mass is 10.3. The number of rotatable bonds is 4. The molecular formula is C11H13N5O2S. The first kappa shape index (κ1) is 13.2. The summed E-state index contributed by atoms with van der Waals surface area (Å²) in [5.74, 6) is 5.33. The number of nitrogens with two attached hydrogens (primary N) is 1. The minimum absolute atomic E-state index is 0.0213. The predicted octanol–water partition coefficient (Wildman–Crippen LogP) is 0.871. The SMILES string of the molecule is Cc1cc(NS(=O)(=O)c2cccnc2NN)ccn1. The number of sulfonamides is 1. The lowest BCUT2D eigenvalue weighted by Gasteiger charge is -2.11. The van der Waals surface area contributed by atoms with Crippen LogP contribution in [0.25, 0.3) is 0 Å². The van der Waals surface area contributed by atoms with E-state index in [1.54, 1.807) is 19.1 Å². The topological polar surface area (TPSA) is 110 Å². The molecule has 2 rings (SSSR count). The van der Waals surface area contributed by atoms with E-state index in [2.05, 4.69) is 20.1 Å². The summed E-state index contributed by atoms with van der Waals surface area (Å²) < 4.78 is 26.9. The van der Waals surface area contributed by atoms with E-state index in [4.69, 9.17) is 5.84 Å². The zero-order valence-corrected chi connectivity index (χ0v) is 11.0. The second-order valence-corrected chi connectivity index (χ2v) is 5.44. The second-order valence-electron chi connectivity index (χ2n) is 3.79. The van der Waals surface area contributed by atoms with Gasteiger partial charge in [-0.15, -0.1) is 0 Å². The molecule has 7 nitrogen and oxygen atoms in total. The van der Waals surface area contributed by atoms with Gasteiger partial charge >= 0.3 is 0 Å². The largest absolute Gasteiger partial charge is 0.307 e. The van der Waals surface area contributed by atoms with Gasteiger partial charge < -0.3 is 5.43 Å². The summed E-state index contributed by atoms with van der Waals surface area (Å²) in [6, 6.07) is 6.13. The fourth-order valence-electron chi connectivity index (χ4n) is 1.53. The molecule has 2 aromatic heterocycles. The third kappa shape index (κ3) is 2.98. The van der Waals surface area contributed by atoms with Crippen molar-refractivity contribution in [2.45, 2.75) is 11.8 Å². The molecule has 2 heterocycles. The average molecular weight is 279 g/mol. The van der Waals surface area contributed by atoms with E-state index in [-0.39, 0.29) is 10.7 Å². The van der Waals surface area contributed by atoms with Crippen LogP contribution in [0.4, 0.5) is 11.5 Å². The zero-order chi connectivity index (χ0) is 13.9. The van der Waals surface area contributed by atoms with E-state index in [0.29, 0.717) is 11.4 Å². The molecule has 8 heteroatoms. The van der Waals surface area contributed by atoms with E-state index < -0.39 is 10.0 Å². The summed E-state index contributed by atoms with van der Waals surface area (Å²) in [6.07, 6.45) is 2.98. The number of anilines is 2. The standard InChI is InChI=1S/C11H13N5O2S/c1-8-7-9(4-6-13-8)16-19(17,18)10-3-2-5-14-11(10)15-12/h2-7H,12H2,1H3,(H,13,16)(H,14,15). The van der Waals surface area contributed by atoms with E-state index in [1.807, 2.05) is 0 Å². The first-order valence-electron chi connectivity index (χ1n) is 5.40. The summed E-state index contributed by atoms with van der Waals surface area (Å²) in [5.41, 5.74) is 3.40. The van der Waals surface area contributed by atoms with Crippen molar-refractivity contribution < 1.29 is 8.42 Å². The molecule has 0 aliphatic carbocycles. The first-order valence-corrected chi connectivity index (χ1v) is 6.88. The highest BCUT2D eigenvalue weighted by atomic mass is 32.2. The van der Waals surface area contributed by atoms with E-state index in [0.717, 1.165) is 0 Å². The normalized spacial score (nSPS) is 11.1. The van der Waals surface area contributed by atoms with Gasteiger partial charge in [0.1, 0.15) is 4.90 Å². The Hall–Kier alpha value is -2.19. The Morgan fingerprint density at radius 2 is 2.00 bits per heavy atom. The summed E-state index contributed by atoms with van der Waals surface area (Å²) in [4.78, 5) is 7.83. The smallest absolute Gasteiger partial charge is 0.265 e. The third-order valence-electron chi connectivity index (χ3n) is 2.35. The van der Waals surface area contributed by atoms with Gasteiger partial charge in [0.15, 0.2) is 5.82 Å². The number of hydrogen-bond donors (Lipinski definition) is 3. The fraction of sp³-hybridized carbons (Fsp3) is 0.0909. The van der Waals surface area contributed by atoms with Crippen LogP contribution in [0.15, 0.2) is 41.6 Å². The van der Waals surface area contributed by atoms with Gasteiger partial charge in [-0.1, -0.05) is 0 Å². The molecule has 0 aromatic carbocycles. The van der Waals surface area contributed by atoms with Gasteiger partial charge in [0.05, 0.1) is 5.69 Å². The maximum absolute atomic E-state index is 12.2. The second kappa shape index (κ2) is 5.21. The average Bonchev–Trinajstić information content (AvgIpc) is 2.38. The Morgan fingerprint density at radius 1 is 1.21 bits per heavy atom. The Bertz CT molecular complexity index is 687. The molecule has 0 aliphatic heterocycles. The number of nitrogens with zero attached hydrogens (tertiary/aromatic N) is 2. The van der Waals surface area contributed by atoms with Crippen molar-refractivity contribution in [2.75, 3.05) is 10.1 Å². The zero-order valence-electron chi connectivity index (χ0n) is 10.2. The van der Waals surface area contributed by atoms with Crippen molar-refractivity contribution in [1.29, 1.82) is 0 Å². The van der Waals surface area contributed by atoms with Crippen LogP contribution in [0.1, 0.15) is 5.69 Å². The van der Waals surface area contributed by atoms with E-state index in [9.17, 15) is 8.42 Å². The molecule has 4 N–H and O–H groups in total. The Kier molecular flexibility index (Phi) is 3.63. The van der Waals surface area contributed by atoms with Gasteiger partial charge in [0.2, 0.25) is 0 Å². The molecule has 0 saturated carbocycles. The number of nitrogen functional groups attached to an aromatic ring is 1. The summed E-state index contributed by atoms with van der Waals surface area (Å²) >= 11 is 0. The minimum atomic E-state index is -3.76. The third-order valence-corrected chi connectivity index (χ3v) is 3.76. The molecule has 0 aliphatic rings. The van der Waals surface area contributed by atoms with Crippen LogP contribution in [0.5, 0.6) is 0 Å². The van der Waals surface area contributed by atoms with Crippen LogP contribution in [0.2, 0.25) is 0 Å². The van der Waals surface area contributed by atoms with Crippen LogP contribution in [0.3, 0.4) is 0 Å². The molecule has 0 saturated heterocycles. The molecule has 0 amide bonds. The molecule has 19 heavy (non-hydrogen) atoms.